The van der Waals surface area contributed by atoms with Crippen LogP contribution in [-0.4, -0.2) is 11.5 Å². The van der Waals surface area contributed by atoms with Gasteiger partial charge in [-0.2, -0.15) is 0 Å². The molecule has 21 heavy (non-hydrogen) atoms. The number of aryl methyl sites for hydroxylation is 2. The molecule has 0 amide bonds. The highest BCUT2D eigenvalue weighted by Crippen LogP contribution is 2.51. The Morgan fingerprint density at radius 2 is 2.05 bits per heavy atom. The van der Waals surface area contributed by atoms with Crippen molar-refractivity contribution in [1.82, 2.24) is 10.3 Å². The van der Waals surface area contributed by atoms with Crippen LogP contribution in [0.3, 0.4) is 0 Å². The van der Waals surface area contributed by atoms with E-state index in [1.807, 2.05) is 11.3 Å². The fourth-order valence-corrected chi connectivity index (χ4v) is 5.98. The molecule has 0 aromatic carbocycles. The standard InChI is InChI=1S/C18H30N2S/c1-5-19-18(12-7-6-11-15(18)17(2,3)4)16-20-13-9-8-10-14(13)21-16/h15,19H,5-12H2,1-4H3. The van der Waals surface area contributed by atoms with Crippen LogP contribution < -0.4 is 5.32 Å². The van der Waals surface area contributed by atoms with Crippen molar-refractivity contribution in [2.75, 3.05) is 6.54 Å². The van der Waals surface area contributed by atoms with Gasteiger partial charge < -0.3 is 5.32 Å². The Hall–Kier alpha value is -0.410. The molecule has 1 N–H and O–H groups in total. The van der Waals surface area contributed by atoms with Gasteiger partial charge in [-0.15, -0.1) is 11.3 Å². The molecule has 118 valence electrons. The minimum atomic E-state index is 0.125. The van der Waals surface area contributed by atoms with Crippen molar-refractivity contribution in [1.29, 1.82) is 0 Å². The quantitative estimate of drug-likeness (QED) is 0.877. The first-order chi connectivity index (χ1) is 9.97. The monoisotopic (exact) mass is 306 g/mol. The first kappa shape index (κ1) is 15.5. The normalized spacial score (nSPS) is 29.6. The molecule has 2 atom stereocenters. The second-order valence-corrected chi connectivity index (χ2v) is 8.99. The van der Waals surface area contributed by atoms with Crippen molar-refractivity contribution in [2.45, 2.75) is 78.2 Å². The number of hydrogen-bond acceptors (Lipinski definition) is 3. The van der Waals surface area contributed by atoms with Gasteiger partial charge in [0.15, 0.2) is 0 Å². The van der Waals surface area contributed by atoms with Crippen LogP contribution in [0.4, 0.5) is 0 Å². The third kappa shape index (κ3) is 2.68. The van der Waals surface area contributed by atoms with E-state index in [0.29, 0.717) is 11.3 Å². The van der Waals surface area contributed by atoms with Gasteiger partial charge in [0, 0.05) is 4.88 Å². The highest BCUT2D eigenvalue weighted by atomic mass is 32.1. The summed E-state index contributed by atoms with van der Waals surface area (Å²) >= 11 is 2.01. The summed E-state index contributed by atoms with van der Waals surface area (Å²) in [5.74, 6) is 0.685. The molecule has 1 aromatic heterocycles. The Kier molecular flexibility index (Phi) is 4.17. The number of aromatic nitrogens is 1. The van der Waals surface area contributed by atoms with E-state index in [9.17, 15) is 0 Å². The van der Waals surface area contributed by atoms with Crippen LogP contribution in [0, 0.1) is 11.3 Å². The van der Waals surface area contributed by atoms with Gasteiger partial charge in [0.25, 0.3) is 0 Å². The van der Waals surface area contributed by atoms with Crippen molar-refractivity contribution in [3.05, 3.63) is 15.6 Å². The highest BCUT2D eigenvalue weighted by molar-refractivity contribution is 7.12. The molecule has 0 radical (unpaired) electrons. The summed E-state index contributed by atoms with van der Waals surface area (Å²) in [6.45, 7) is 10.5. The van der Waals surface area contributed by atoms with Crippen molar-refractivity contribution in [3.8, 4) is 0 Å². The SMILES string of the molecule is CCNC1(c2nc3c(s2)CCC3)CCCCC1C(C)(C)C. The largest absolute Gasteiger partial charge is 0.305 e. The van der Waals surface area contributed by atoms with Gasteiger partial charge in [0.1, 0.15) is 5.01 Å². The molecule has 0 spiro atoms. The second-order valence-electron chi connectivity index (χ2n) is 7.91. The van der Waals surface area contributed by atoms with Gasteiger partial charge in [-0.1, -0.05) is 40.5 Å². The van der Waals surface area contributed by atoms with E-state index in [1.54, 1.807) is 4.88 Å². The van der Waals surface area contributed by atoms with E-state index in [2.05, 4.69) is 33.0 Å². The van der Waals surface area contributed by atoms with Gasteiger partial charge >= 0.3 is 0 Å². The van der Waals surface area contributed by atoms with E-state index in [4.69, 9.17) is 4.98 Å². The van der Waals surface area contributed by atoms with Gasteiger partial charge in [0.2, 0.25) is 0 Å². The van der Waals surface area contributed by atoms with Crippen LogP contribution in [0.2, 0.25) is 0 Å². The van der Waals surface area contributed by atoms with E-state index in [1.165, 1.54) is 55.6 Å². The Morgan fingerprint density at radius 3 is 2.71 bits per heavy atom. The molecular weight excluding hydrogens is 276 g/mol. The molecule has 0 bridgehead atoms. The minimum Gasteiger partial charge on any atom is -0.305 e. The van der Waals surface area contributed by atoms with Crippen molar-refractivity contribution >= 4 is 11.3 Å². The molecular formula is C18H30N2S. The molecule has 3 heteroatoms. The number of hydrogen-bond donors (Lipinski definition) is 1. The van der Waals surface area contributed by atoms with Gasteiger partial charge in [-0.05, 0) is 50.0 Å². The third-order valence-corrected chi connectivity index (χ3v) is 6.76. The van der Waals surface area contributed by atoms with Crippen LogP contribution in [0.1, 0.15) is 75.4 Å². The fraction of sp³-hybridized carbons (Fsp3) is 0.833. The Bertz CT molecular complexity index is 474. The fourth-order valence-electron chi connectivity index (χ4n) is 4.58. The van der Waals surface area contributed by atoms with Crippen LogP contribution in [0.15, 0.2) is 0 Å². The lowest BCUT2D eigenvalue weighted by molar-refractivity contribution is 0.0489. The molecule has 1 saturated carbocycles. The summed E-state index contributed by atoms with van der Waals surface area (Å²) in [5, 5.41) is 5.30. The zero-order chi connectivity index (χ0) is 15.1. The molecule has 0 aliphatic heterocycles. The lowest BCUT2D eigenvalue weighted by Gasteiger charge is -2.49. The van der Waals surface area contributed by atoms with E-state index < -0.39 is 0 Å². The van der Waals surface area contributed by atoms with Crippen LogP contribution in [-0.2, 0) is 18.4 Å². The highest BCUT2D eigenvalue weighted by Gasteiger charge is 2.49. The van der Waals surface area contributed by atoms with E-state index >= 15 is 0 Å². The van der Waals surface area contributed by atoms with Crippen molar-refractivity contribution in [2.24, 2.45) is 11.3 Å². The van der Waals surface area contributed by atoms with Crippen LogP contribution >= 0.6 is 11.3 Å². The zero-order valence-electron chi connectivity index (χ0n) is 14.1. The second kappa shape index (κ2) is 5.66. The maximum atomic E-state index is 5.12. The molecule has 2 nitrogen and oxygen atoms in total. The maximum Gasteiger partial charge on any atom is 0.114 e. The average molecular weight is 307 g/mol. The molecule has 2 unspecified atom stereocenters. The number of nitrogens with one attached hydrogen (secondary N) is 1. The first-order valence-electron chi connectivity index (χ1n) is 8.71. The Morgan fingerprint density at radius 1 is 1.24 bits per heavy atom. The molecule has 3 rings (SSSR count). The number of fused-ring (bicyclic) bond motifs is 1. The van der Waals surface area contributed by atoms with Crippen molar-refractivity contribution < 1.29 is 0 Å². The number of nitrogens with zero attached hydrogens (tertiary/aromatic N) is 1. The summed E-state index contributed by atoms with van der Waals surface area (Å²) in [7, 11) is 0. The summed E-state index contributed by atoms with van der Waals surface area (Å²) < 4.78 is 0. The van der Waals surface area contributed by atoms with E-state index in [-0.39, 0.29) is 5.54 Å². The zero-order valence-corrected chi connectivity index (χ0v) is 14.9. The molecule has 1 aromatic rings. The van der Waals surface area contributed by atoms with Gasteiger partial charge in [0.05, 0.1) is 11.2 Å². The maximum absolute atomic E-state index is 5.12. The lowest BCUT2D eigenvalue weighted by Crippen LogP contribution is -2.54. The average Bonchev–Trinajstić information content (AvgIpc) is 2.99. The van der Waals surface area contributed by atoms with Gasteiger partial charge in [-0.25, -0.2) is 4.98 Å². The number of rotatable bonds is 3. The first-order valence-corrected chi connectivity index (χ1v) is 9.53. The Balaban J connectivity index is 2.03. The minimum absolute atomic E-state index is 0.125. The lowest BCUT2D eigenvalue weighted by atomic mass is 9.62. The molecule has 1 fully saturated rings. The summed E-state index contributed by atoms with van der Waals surface area (Å²) in [6, 6.07) is 0. The molecule has 2 aliphatic rings. The number of thiazole rings is 1. The predicted molar refractivity (Wildman–Crippen MR) is 90.9 cm³/mol. The van der Waals surface area contributed by atoms with Crippen molar-refractivity contribution in [3.63, 3.8) is 0 Å². The summed E-state index contributed by atoms with van der Waals surface area (Å²) in [4.78, 5) is 6.69. The Labute approximate surface area is 133 Å². The molecule has 1 heterocycles. The third-order valence-electron chi connectivity index (χ3n) is 5.42. The molecule has 2 aliphatic carbocycles. The van der Waals surface area contributed by atoms with E-state index in [0.717, 1.165) is 6.54 Å². The van der Waals surface area contributed by atoms with Gasteiger partial charge in [-0.3, -0.25) is 0 Å². The molecule has 0 saturated heterocycles. The van der Waals surface area contributed by atoms with Crippen LogP contribution in [0.25, 0.3) is 0 Å². The smallest absolute Gasteiger partial charge is 0.114 e. The van der Waals surface area contributed by atoms with Crippen LogP contribution in [0.5, 0.6) is 0 Å². The summed E-state index contributed by atoms with van der Waals surface area (Å²) in [5.41, 5.74) is 1.87. The summed E-state index contributed by atoms with van der Waals surface area (Å²) in [6.07, 6.45) is 9.08. The predicted octanol–water partition coefficient (Wildman–Crippen LogP) is 4.67. The topological polar surface area (TPSA) is 24.9 Å².